The molecule has 0 bridgehead atoms. The standard InChI is InChI=1S/C14H21ClN2O3S/c1-3-8-17(12-6-7-16-10-12)21(18,19)14-5-4-11(15)9-13(14)20-2/h4-5,9,12,16H,3,6-8,10H2,1-2H3. The van der Waals surface area contributed by atoms with E-state index in [9.17, 15) is 8.42 Å². The fourth-order valence-electron chi connectivity index (χ4n) is 2.59. The van der Waals surface area contributed by atoms with Crippen LogP contribution in [0.1, 0.15) is 19.8 Å². The van der Waals surface area contributed by atoms with E-state index in [-0.39, 0.29) is 16.7 Å². The number of rotatable bonds is 6. The summed E-state index contributed by atoms with van der Waals surface area (Å²) >= 11 is 5.92. The molecule has 7 heteroatoms. The molecule has 1 atom stereocenters. The maximum Gasteiger partial charge on any atom is 0.247 e. The second-order valence-corrected chi connectivity index (χ2v) is 7.35. The van der Waals surface area contributed by atoms with Crippen LogP contribution in [0, 0.1) is 0 Å². The van der Waals surface area contributed by atoms with Gasteiger partial charge in [-0.1, -0.05) is 18.5 Å². The third kappa shape index (κ3) is 3.51. The lowest BCUT2D eigenvalue weighted by Gasteiger charge is -2.27. The van der Waals surface area contributed by atoms with Crippen molar-refractivity contribution in [2.45, 2.75) is 30.7 Å². The fourth-order valence-corrected chi connectivity index (χ4v) is 4.63. The molecular formula is C14H21ClN2O3S. The van der Waals surface area contributed by atoms with Gasteiger partial charge in [0, 0.05) is 30.2 Å². The summed E-state index contributed by atoms with van der Waals surface area (Å²) in [7, 11) is -2.15. The summed E-state index contributed by atoms with van der Waals surface area (Å²) in [5.74, 6) is 0.287. The van der Waals surface area contributed by atoms with Crippen LogP contribution in [-0.4, -0.2) is 45.5 Å². The maximum atomic E-state index is 13.0. The molecule has 1 aromatic rings. The molecule has 0 spiro atoms. The van der Waals surface area contributed by atoms with Gasteiger partial charge in [0.1, 0.15) is 10.6 Å². The molecule has 1 N–H and O–H groups in total. The zero-order chi connectivity index (χ0) is 15.5. The minimum absolute atomic E-state index is 0.00432. The molecule has 0 aliphatic carbocycles. The lowest BCUT2D eigenvalue weighted by Crippen LogP contribution is -2.42. The Labute approximate surface area is 131 Å². The molecule has 0 aromatic heterocycles. The minimum Gasteiger partial charge on any atom is -0.495 e. The second-order valence-electron chi connectivity index (χ2n) is 5.06. The molecule has 1 aromatic carbocycles. The van der Waals surface area contributed by atoms with E-state index in [1.807, 2.05) is 6.92 Å². The molecule has 1 saturated heterocycles. The highest BCUT2D eigenvalue weighted by Crippen LogP contribution is 2.31. The molecule has 0 radical (unpaired) electrons. The molecule has 1 aliphatic rings. The van der Waals surface area contributed by atoms with Gasteiger partial charge in [-0.25, -0.2) is 8.42 Å². The quantitative estimate of drug-likeness (QED) is 0.866. The predicted molar refractivity (Wildman–Crippen MR) is 83.5 cm³/mol. The first-order valence-electron chi connectivity index (χ1n) is 7.06. The van der Waals surface area contributed by atoms with Crippen molar-refractivity contribution >= 4 is 21.6 Å². The molecule has 1 heterocycles. The summed E-state index contributed by atoms with van der Waals surface area (Å²) in [5.41, 5.74) is 0. The molecule has 2 rings (SSSR count). The summed E-state index contributed by atoms with van der Waals surface area (Å²) in [6, 6.07) is 4.62. The van der Waals surface area contributed by atoms with Gasteiger partial charge >= 0.3 is 0 Å². The van der Waals surface area contributed by atoms with Crippen LogP contribution in [0.5, 0.6) is 5.75 Å². The van der Waals surface area contributed by atoms with Crippen LogP contribution in [0.25, 0.3) is 0 Å². The third-order valence-corrected chi connectivity index (χ3v) is 5.82. The number of hydrogen-bond donors (Lipinski definition) is 1. The fraction of sp³-hybridized carbons (Fsp3) is 0.571. The van der Waals surface area contributed by atoms with Gasteiger partial charge < -0.3 is 10.1 Å². The van der Waals surface area contributed by atoms with Crippen molar-refractivity contribution in [2.75, 3.05) is 26.7 Å². The average molecular weight is 333 g/mol. The number of benzene rings is 1. The van der Waals surface area contributed by atoms with Gasteiger partial charge in [0.25, 0.3) is 0 Å². The van der Waals surface area contributed by atoms with Gasteiger partial charge in [0.15, 0.2) is 0 Å². The highest BCUT2D eigenvalue weighted by molar-refractivity contribution is 7.89. The zero-order valence-electron chi connectivity index (χ0n) is 12.3. The topological polar surface area (TPSA) is 58.6 Å². The average Bonchev–Trinajstić information content (AvgIpc) is 2.97. The van der Waals surface area contributed by atoms with E-state index < -0.39 is 10.0 Å². The number of halogens is 1. The molecule has 0 amide bonds. The number of sulfonamides is 1. The Kier molecular flexibility index (Phi) is 5.48. The van der Waals surface area contributed by atoms with Crippen LogP contribution < -0.4 is 10.1 Å². The third-order valence-electron chi connectivity index (χ3n) is 3.60. The van der Waals surface area contributed by atoms with Crippen molar-refractivity contribution in [3.63, 3.8) is 0 Å². The monoisotopic (exact) mass is 332 g/mol. The van der Waals surface area contributed by atoms with Crippen molar-refractivity contribution in [1.29, 1.82) is 0 Å². The summed E-state index contributed by atoms with van der Waals surface area (Å²) in [5, 5.41) is 3.67. The number of methoxy groups -OCH3 is 1. The summed E-state index contributed by atoms with van der Waals surface area (Å²) in [6.07, 6.45) is 1.60. The van der Waals surface area contributed by atoms with Crippen LogP contribution >= 0.6 is 11.6 Å². The van der Waals surface area contributed by atoms with Gasteiger partial charge in [-0.2, -0.15) is 4.31 Å². The molecule has 1 fully saturated rings. The van der Waals surface area contributed by atoms with Crippen LogP contribution in [0.3, 0.4) is 0 Å². The van der Waals surface area contributed by atoms with Crippen molar-refractivity contribution in [3.8, 4) is 5.75 Å². The number of hydrogen-bond acceptors (Lipinski definition) is 4. The first kappa shape index (κ1) is 16.5. The Morgan fingerprint density at radius 3 is 2.81 bits per heavy atom. The highest BCUT2D eigenvalue weighted by Gasteiger charge is 2.34. The molecule has 118 valence electrons. The van der Waals surface area contributed by atoms with Crippen molar-refractivity contribution in [2.24, 2.45) is 0 Å². The summed E-state index contributed by atoms with van der Waals surface area (Å²) < 4.78 is 32.7. The molecule has 0 saturated carbocycles. The predicted octanol–water partition coefficient (Wildman–Crippen LogP) is 2.11. The molecule has 5 nitrogen and oxygen atoms in total. The zero-order valence-corrected chi connectivity index (χ0v) is 13.9. The van der Waals surface area contributed by atoms with E-state index in [0.29, 0.717) is 18.1 Å². The van der Waals surface area contributed by atoms with Gasteiger partial charge in [-0.15, -0.1) is 0 Å². The molecular weight excluding hydrogens is 312 g/mol. The van der Waals surface area contributed by atoms with Gasteiger partial charge in [-0.3, -0.25) is 0 Å². The van der Waals surface area contributed by atoms with Crippen LogP contribution in [0.4, 0.5) is 0 Å². The Balaban J connectivity index is 2.42. The highest BCUT2D eigenvalue weighted by atomic mass is 35.5. The lowest BCUT2D eigenvalue weighted by atomic mass is 10.2. The van der Waals surface area contributed by atoms with Crippen molar-refractivity contribution < 1.29 is 13.2 Å². The smallest absolute Gasteiger partial charge is 0.247 e. The normalized spacial score (nSPS) is 19.1. The van der Waals surface area contributed by atoms with Crippen molar-refractivity contribution in [1.82, 2.24) is 9.62 Å². The van der Waals surface area contributed by atoms with Crippen molar-refractivity contribution in [3.05, 3.63) is 23.2 Å². The molecule has 1 aliphatic heterocycles. The Bertz CT molecular complexity index is 586. The lowest BCUT2D eigenvalue weighted by molar-refractivity contribution is 0.331. The summed E-state index contributed by atoms with van der Waals surface area (Å²) in [4.78, 5) is 0.176. The first-order valence-corrected chi connectivity index (χ1v) is 8.88. The van der Waals surface area contributed by atoms with Gasteiger partial charge in [-0.05, 0) is 31.5 Å². The Hall–Kier alpha value is -0.820. The summed E-state index contributed by atoms with van der Waals surface area (Å²) in [6.45, 7) is 4.01. The Morgan fingerprint density at radius 1 is 1.48 bits per heavy atom. The van der Waals surface area contributed by atoms with Crippen LogP contribution in [0.15, 0.2) is 23.1 Å². The second kappa shape index (κ2) is 6.96. The Morgan fingerprint density at radius 2 is 2.24 bits per heavy atom. The van der Waals surface area contributed by atoms with E-state index in [0.717, 1.165) is 19.4 Å². The molecule has 21 heavy (non-hydrogen) atoms. The number of ether oxygens (including phenoxy) is 1. The SMILES string of the molecule is CCCN(C1CCNC1)S(=O)(=O)c1ccc(Cl)cc1OC. The van der Waals surface area contributed by atoms with E-state index in [1.54, 1.807) is 10.4 Å². The van der Waals surface area contributed by atoms with E-state index in [2.05, 4.69) is 5.32 Å². The maximum absolute atomic E-state index is 13.0. The van der Waals surface area contributed by atoms with E-state index in [4.69, 9.17) is 16.3 Å². The van der Waals surface area contributed by atoms with Gasteiger partial charge in [0.05, 0.1) is 7.11 Å². The number of nitrogens with zero attached hydrogens (tertiary/aromatic N) is 1. The first-order chi connectivity index (χ1) is 10.0. The van der Waals surface area contributed by atoms with E-state index >= 15 is 0 Å². The van der Waals surface area contributed by atoms with Crippen LogP contribution in [0.2, 0.25) is 5.02 Å². The minimum atomic E-state index is -3.60. The number of nitrogens with one attached hydrogen (secondary N) is 1. The largest absolute Gasteiger partial charge is 0.495 e. The van der Waals surface area contributed by atoms with Crippen LogP contribution in [-0.2, 0) is 10.0 Å². The van der Waals surface area contributed by atoms with Gasteiger partial charge in [0.2, 0.25) is 10.0 Å². The van der Waals surface area contributed by atoms with E-state index in [1.165, 1.54) is 19.2 Å². The molecule has 1 unspecified atom stereocenters.